The average molecular weight is 418 g/mol. The summed E-state index contributed by atoms with van der Waals surface area (Å²) in [6.45, 7) is 6.01. The second kappa shape index (κ2) is 6.92. The maximum Gasteiger partial charge on any atom is 0.265 e. The monoisotopic (exact) mass is 417 g/mol. The number of fused-ring (bicyclic) bond motifs is 4. The molecule has 30 heavy (non-hydrogen) atoms. The van der Waals surface area contributed by atoms with Gasteiger partial charge in [-0.3, -0.25) is 13.9 Å². The first-order valence-electron chi connectivity index (χ1n) is 9.94. The van der Waals surface area contributed by atoms with Crippen molar-refractivity contribution in [1.82, 2.24) is 24.1 Å². The van der Waals surface area contributed by atoms with Crippen LogP contribution in [0.5, 0.6) is 0 Å². The van der Waals surface area contributed by atoms with E-state index in [0.29, 0.717) is 27.2 Å². The number of hydrogen-bond donors (Lipinski definition) is 0. The van der Waals surface area contributed by atoms with Crippen LogP contribution in [-0.2, 0) is 0 Å². The van der Waals surface area contributed by atoms with Crippen molar-refractivity contribution in [3.8, 4) is 5.69 Å². The quantitative estimate of drug-likeness (QED) is 0.404. The van der Waals surface area contributed by atoms with Gasteiger partial charge in [0.2, 0.25) is 0 Å². The molecule has 0 bridgehead atoms. The molecule has 0 fully saturated rings. The summed E-state index contributed by atoms with van der Waals surface area (Å²) in [5, 5.41) is 1.12. The number of para-hydroxylation sites is 2. The molecule has 150 valence electrons. The number of nitrogens with zero attached hydrogens (tertiary/aromatic N) is 5. The van der Waals surface area contributed by atoms with Gasteiger partial charge >= 0.3 is 0 Å². The minimum atomic E-state index is -0.110. The molecule has 7 heteroatoms. The van der Waals surface area contributed by atoms with Gasteiger partial charge in [-0.05, 0) is 50.1 Å². The zero-order valence-electron chi connectivity index (χ0n) is 16.9. The molecule has 3 aromatic heterocycles. The predicted octanol–water partition coefficient (Wildman–Crippen LogP) is 5.22. The summed E-state index contributed by atoms with van der Waals surface area (Å²) in [4.78, 5) is 27.8. The Kier molecular flexibility index (Phi) is 4.33. The van der Waals surface area contributed by atoms with Crippen LogP contribution in [0, 0.1) is 6.92 Å². The third kappa shape index (κ3) is 2.71. The van der Waals surface area contributed by atoms with Crippen molar-refractivity contribution in [2.45, 2.75) is 33.2 Å². The fourth-order valence-electron chi connectivity index (χ4n) is 3.73. The van der Waals surface area contributed by atoms with E-state index in [1.165, 1.54) is 0 Å². The van der Waals surface area contributed by atoms with E-state index in [2.05, 4.69) is 4.98 Å². The summed E-state index contributed by atoms with van der Waals surface area (Å²) in [6.07, 6.45) is 2.44. The maximum absolute atomic E-state index is 13.5. The molecule has 0 aliphatic rings. The van der Waals surface area contributed by atoms with Gasteiger partial charge in [0.05, 0.1) is 16.7 Å². The second-order valence-electron chi connectivity index (χ2n) is 7.57. The number of halogens is 1. The Balaban J connectivity index is 1.98. The molecule has 0 radical (unpaired) electrons. The van der Waals surface area contributed by atoms with Gasteiger partial charge in [-0.2, -0.15) is 0 Å². The van der Waals surface area contributed by atoms with Crippen LogP contribution < -0.4 is 5.56 Å². The van der Waals surface area contributed by atoms with E-state index in [1.807, 2.05) is 67.8 Å². The summed E-state index contributed by atoms with van der Waals surface area (Å²) in [7, 11) is 0. The van der Waals surface area contributed by atoms with E-state index >= 15 is 0 Å². The van der Waals surface area contributed by atoms with Gasteiger partial charge in [0.25, 0.3) is 5.56 Å². The third-order valence-corrected chi connectivity index (χ3v) is 6.08. The maximum atomic E-state index is 13.5. The fourth-order valence-corrected chi connectivity index (χ4v) is 3.90. The average Bonchev–Trinajstić information content (AvgIpc) is 3.07. The Hall–Kier alpha value is -3.25. The lowest BCUT2D eigenvalue weighted by atomic mass is 10.2. The van der Waals surface area contributed by atoms with Crippen LogP contribution in [0.15, 0.2) is 53.6 Å². The SMILES string of the molecule is CC[C@H](C)n1cnc2c(c1=O)c1nc3ccccc3nc1n2-c1ccc(C)c(Cl)c1. The van der Waals surface area contributed by atoms with Gasteiger partial charge in [-0.15, -0.1) is 0 Å². The molecule has 0 spiro atoms. The van der Waals surface area contributed by atoms with E-state index in [0.717, 1.165) is 28.7 Å². The van der Waals surface area contributed by atoms with Crippen LogP contribution in [0.2, 0.25) is 5.02 Å². The van der Waals surface area contributed by atoms with E-state index in [1.54, 1.807) is 10.9 Å². The highest BCUT2D eigenvalue weighted by atomic mass is 35.5. The van der Waals surface area contributed by atoms with Gasteiger partial charge in [0.15, 0.2) is 11.3 Å². The van der Waals surface area contributed by atoms with Crippen LogP contribution in [-0.4, -0.2) is 24.1 Å². The molecule has 0 amide bonds. The van der Waals surface area contributed by atoms with Crippen molar-refractivity contribution in [3.63, 3.8) is 0 Å². The van der Waals surface area contributed by atoms with Crippen molar-refractivity contribution in [3.05, 3.63) is 69.7 Å². The molecule has 1 atom stereocenters. The van der Waals surface area contributed by atoms with Crippen LogP contribution in [0.25, 0.3) is 38.9 Å². The molecule has 0 saturated heterocycles. The van der Waals surface area contributed by atoms with Crippen molar-refractivity contribution in [1.29, 1.82) is 0 Å². The second-order valence-corrected chi connectivity index (χ2v) is 7.97. The van der Waals surface area contributed by atoms with Gasteiger partial charge in [-0.1, -0.05) is 36.7 Å². The molecule has 3 heterocycles. The molecular formula is C23H20ClN5O. The van der Waals surface area contributed by atoms with Gasteiger partial charge in [0.1, 0.15) is 17.2 Å². The van der Waals surface area contributed by atoms with Crippen molar-refractivity contribution < 1.29 is 0 Å². The normalized spacial score (nSPS) is 12.8. The molecular weight excluding hydrogens is 398 g/mol. The Morgan fingerprint density at radius 2 is 1.80 bits per heavy atom. The summed E-state index contributed by atoms with van der Waals surface area (Å²) in [5.74, 6) is 0. The molecule has 0 aliphatic carbocycles. The summed E-state index contributed by atoms with van der Waals surface area (Å²) < 4.78 is 3.54. The Morgan fingerprint density at radius 3 is 2.50 bits per heavy atom. The zero-order chi connectivity index (χ0) is 21.0. The van der Waals surface area contributed by atoms with Crippen molar-refractivity contribution >= 4 is 44.8 Å². The first-order chi connectivity index (χ1) is 14.5. The van der Waals surface area contributed by atoms with Gasteiger partial charge < -0.3 is 0 Å². The summed E-state index contributed by atoms with van der Waals surface area (Å²) >= 11 is 6.41. The minimum Gasteiger partial charge on any atom is -0.296 e. The van der Waals surface area contributed by atoms with E-state index in [9.17, 15) is 4.79 Å². The van der Waals surface area contributed by atoms with Crippen LogP contribution in [0.1, 0.15) is 31.9 Å². The van der Waals surface area contributed by atoms with Crippen molar-refractivity contribution in [2.75, 3.05) is 0 Å². The smallest absolute Gasteiger partial charge is 0.265 e. The van der Waals surface area contributed by atoms with Crippen LogP contribution in [0.4, 0.5) is 0 Å². The highest BCUT2D eigenvalue weighted by Gasteiger charge is 2.22. The number of aryl methyl sites for hydroxylation is 1. The highest BCUT2D eigenvalue weighted by molar-refractivity contribution is 6.31. The summed E-state index contributed by atoms with van der Waals surface area (Å²) in [6, 6.07) is 13.5. The molecule has 0 aliphatic heterocycles. The lowest BCUT2D eigenvalue weighted by molar-refractivity contribution is 0.510. The predicted molar refractivity (Wildman–Crippen MR) is 121 cm³/mol. The lowest BCUT2D eigenvalue weighted by Crippen LogP contribution is -2.23. The third-order valence-electron chi connectivity index (χ3n) is 5.67. The topological polar surface area (TPSA) is 65.6 Å². The summed E-state index contributed by atoms with van der Waals surface area (Å²) in [5.41, 5.74) is 4.84. The first kappa shape index (κ1) is 18.8. The van der Waals surface area contributed by atoms with E-state index in [4.69, 9.17) is 21.6 Å². The van der Waals surface area contributed by atoms with E-state index in [-0.39, 0.29) is 11.6 Å². The number of hydrogen-bond acceptors (Lipinski definition) is 4. The lowest BCUT2D eigenvalue weighted by Gasteiger charge is -2.12. The number of aromatic nitrogens is 5. The molecule has 5 aromatic rings. The molecule has 0 N–H and O–H groups in total. The first-order valence-corrected chi connectivity index (χ1v) is 10.3. The van der Waals surface area contributed by atoms with Gasteiger partial charge in [-0.25, -0.2) is 15.0 Å². The van der Waals surface area contributed by atoms with Crippen LogP contribution >= 0.6 is 11.6 Å². The fraction of sp³-hybridized carbons (Fsp3) is 0.217. The molecule has 0 unspecified atom stereocenters. The Labute approximate surface area is 177 Å². The number of rotatable bonds is 3. The molecule has 0 saturated carbocycles. The van der Waals surface area contributed by atoms with Crippen LogP contribution in [0.3, 0.4) is 0 Å². The van der Waals surface area contributed by atoms with E-state index < -0.39 is 0 Å². The molecule has 2 aromatic carbocycles. The number of benzene rings is 2. The molecule has 6 nitrogen and oxygen atoms in total. The minimum absolute atomic E-state index is 0.0371. The highest BCUT2D eigenvalue weighted by Crippen LogP contribution is 2.30. The largest absolute Gasteiger partial charge is 0.296 e. The Bertz CT molecular complexity index is 1500. The standard InChI is InChI=1S/C23H20ClN5O/c1-4-14(3)28-12-25-21-19(23(28)30)20-22(27-18-8-6-5-7-17(18)26-20)29(21)15-10-9-13(2)16(24)11-15/h5-12,14H,4H2,1-3H3/t14-/m0/s1. The van der Waals surface area contributed by atoms with Gasteiger partial charge in [0, 0.05) is 11.1 Å². The Morgan fingerprint density at radius 1 is 1.07 bits per heavy atom. The van der Waals surface area contributed by atoms with Crippen molar-refractivity contribution in [2.24, 2.45) is 0 Å². The molecule has 5 rings (SSSR count). The zero-order valence-corrected chi connectivity index (χ0v) is 17.7.